The Morgan fingerprint density at radius 2 is 1.29 bits per heavy atom. The van der Waals surface area contributed by atoms with E-state index in [0.717, 1.165) is 9.52 Å². The van der Waals surface area contributed by atoms with Crippen molar-refractivity contribution in [1.82, 2.24) is 0 Å². The Morgan fingerprint density at radius 3 is 1.65 bits per heavy atom. The normalized spacial score (nSPS) is 16.1. The summed E-state index contributed by atoms with van der Waals surface area (Å²) < 4.78 is 0. The molecule has 2 aromatic rings. The smallest absolute Gasteiger partial charge is 0.126 e. The molecule has 0 aromatic carbocycles. The van der Waals surface area contributed by atoms with Crippen molar-refractivity contribution in [3.63, 3.8) is 0 Å². The molecule has 2 aromatic heterocycles. The van der Waals surface area contributed by atoms with Crippen molar-refractivity contribution >= 4 is 42.6 Å². The number of hydrogen-bond donors (Lipinski definition) is 0. The summed E-state index contributed by atoms with van der Waals surface area (Å²) in [5.74, 6) is 0. The molecule has 0 unspecified atom stereocenters. The van der Waals surface area contributed by atoms with Crippen molar-refractivity contribution < 1.29 is 0 Å². The van der Waals surface area contributed by atoms with Gasteiger partial charge in [0.05, 0.1) is 0 Å². The molecule has 0 aliphatic carbocycles. The molecule has 0 atom stereocenters. The Bertz CT molecular complexity index is 532. The zero-order chi connectivity index (χ0) is 11.8. The molecule has 0 amide bonds. The first kappa shape index (κ1) is 11.2. The monoisotopic (exact) mass is 272 g/mol. The molecule has 84 valence electrons. The maximum Gasteiger partial charge on any atom is 0.126 e. The van der Waals surface area contributed by atoms with E-state index in [1.54, 1.807) is 10.4 Å². The van der Waals surface area contributed by atoms with E-state index in [9.17, 15) is 0 Å². The Balaban J connectivity index is 2.00. The van der Waals surface area contributed by atoms with Crippen LogP contribution >= 0.6 is 22.7 Å². The van der Waals surface area contributed by atoms with Gasteiger partial charge in [0.25, 0.3) is 0 Å². The molecule has 3 rings (SSSR count). The number of thiophene rings is 2. The lowest BCUT2D eigenvalue weighted by Crippen LogP contribution is -1.93. The van der Waals surface area contributed by atoms with E-state index in [0.29, 0.717) is 0 Å². The van der Waals surface area contributed by atoms with Gasteiger partial charge in [0.15, 0.2) is 0 Å². The molecular formula is C14H12S2Si. The minimum atomic E-state index is 0.820. The van der Waals surface area contributed by atoms with Gasteiger partial charge in [-0.1, -0.05) is 12.1 Å². The third kappa shape index (κ3) is 1.88. The van der Waals surface area contributed by atoms with Crippen LogP contribution in [0.5, 0.6) is 0 Å². The Labute approximate surface area is 112 Å². The summed E-state index contributed by atoms with van der Waals surface area (Å²) >= 11 is 3.70. The molecule has 3 heteroatoms. The Morgan fingerprint density at radius 1 is 0.824 bits per heavy atom. The molecule has 17 heavy (non-hydrogen) atoms. The minimum absolute atomic E-state index is 0.820. The average Bonchev–Trinajstić information content (AvgIpc) is 3.02. The quantitative estimate of drug-likeness (QED) is 0.696. The summed E-state index contributed by atoms with van der Waals surface area (Å²) in [4.78, 5) is 2.87. The highest BCUT2D eigenvalue weighted by Crippen LogP contribution is 2.39. The number of rotatable bonds is 2. The fourth-order valence-electron chi connectivity index (χ4n) is 2.02. The Hall–Kier alpha value is -0.903. The van der Waals surface area contributed by atoms with Crippen LogP contribution in [0, 0.1) is 0 Å². The van der Waals surface area contributed by atoms with E-state index >= 15 is 0 Å². The van der Waals surface area contributed by atoms with Crippen molar-refractivity contribution in [2.24, 2.45) is 0 Å². The van der Waals surface area contributed by atoms with Crippen molar-refractivity contribution in [2.45, 2.75) is 13.8 Å². The first-order chi connectivity index (χ1) is 8.27. The lowest BCUT2D eigenvalue weighted by Gasteiger charge is -2.00. The van der Waals surface area contributed by atoms with Gasteiger partial charge in [-0.3, -0.25) is 0 Å². The van der Waals surface area contributed by atoms with E-state index in [1.165, 1.54) is 20.9 Å². The summed E-state index contributed by atoms with van der Waals surface area (Å²) in [6, 6.07) is 8.76. The molecule has 3 heterocycles. The van der Waals surface area contributed by atoms with E-state index in [-0.39, 0.29) is 0 Å². The van der Waals surface area contributed by atoms with Crippen LogP contribution in [0.15, 0.2) is 46.2 Å². The molecule has 0 spiro atoms. The topological polar surface area (TPSA) is 0 Å². The van der Waals surface area contributed by atoms with Gasteiger partial charge in [-0.2, -0.15) is 0 Å². The SMILES string of the molecule is CC1=C(c2cccs2)[Si]C(c2cccs2)=C1C. The number of allylic oxidation sites excluding steroid dienone is 2. The zero-order valence-corrected chi connectivity index (χ0v) is 12.4. The zero-order valence-electron chi connectivity index (χ0n) is 9.78. The first-order valence-corrected chi connectivity index (χ1v) is 8.30. The van der Waals surface area contributed by atoms with E-state index in [4.69, 9.17) is 0 Å². The fraction of sp³-hybridized carbons (Fsp3) is 0.143. The van der Waals surface area contributed by atoms with Gasteiger partial charge < -0.3 is 0 Å². The lowest BCUT2D eigenvalue weighted by atomic mass is 10.1. The molecule has 2 radical (unpaired) electrons. The molecule has 0 saturated heterocycles. The van der Waals surface area contributed by atoms with Crippen LogP contribution in [0.1, 0.15) is 23.6 Å². The predicted octanol–water partition coefficient (Wildman–Crippen LogP) is 4.69. The summed E-state index contributed by atoms with van der Waals surface area (Å²) in [6.07, 6.45) is 0. The first-order valence-electron chi connectivity index (χ1n) is 5.54. The average molecular weight is 272 g/mol. The van der Waals surface area contributed by atoms with Crippen molar-refractivity contribution in [2.75, 3.05) is 0 Å². The minimum Gasteiger partial charge on any atom is -0.145 e. The molecule has 0 bridgehead atoms. The largest absolute Gasteiger partial charge is 0.145 e. The van der Waals surface area contributed by atoms with Crippen molar-refractivity contribution in [1.29, 1.82) is 0 Å². The van der Waals surface area contributed by atoms with Crippen molar-refractivity contribution in [3.05, 3.63) is 55.9 Å². The van der Waals surface area contributed by atoms with E-state index in [1.807, 2.05) is 22.7 Å². The lowest BCUT2D eigenvalue weighted by molar-refractivity contribution is 1.39. The summed E-state index contributed by atoms with van der Waals surface area (Å²) in [5.41, 5.74) is 2.96. The molecule has 1 aliphatic heterocycles. The van der Waals surface area contributed by atoms with Gasteiger partial charge >= 0.3 is 0 Å². The molecular weight excluding hydrogens is 260 g/mol. The van der Waals surface area contributed by atoms with E-state index in [2.05, 4.69) is 48.9 Å². The third-order valence-electron chi connectivity index (χ3n) is 3.10. The maximum absolute atomic E-state index is 2.26. The molecule has 0 nitrogen and oxygen atoms in total. The van der Waals surface area contributed by atoms with Crippen LogP contribution in [-0.4, -0.2) is 9.52 Å². The predicted molar refractivity (Wildman–Crippen MR) is 79.6 cm³/mol. The van der Waals surface area contributed by atoms with Crippen LogP contribution in [0.4, 0.5) is 0 Å². The van der Waals surface area contributed by atoms with Crippen LogP contribution in [0.25, 0.3) is 10.4 Å². The highest BCUT2D eigenvalue weighted by molar-refractivity contribution is 7.14. The standard InChI is InChI=1S/C14H12S2Si/c1-9-10(2)14(12-6-4-8-16-12)17-13(9)11-5-3-7-15-11/h3-8H,1-2H3. The highest BCUT2D eigenvalue weighted by atomic mass is 32.1. The van der Waals surface area contributed by atoms with Crippen LogP contribution in [-0.2, 0) is 0 Å². The third-order valence-corrected chi connectivity index (χ3v) is 7.02. The van der Waals surface area contributed by atoms with Gasteiger partial charge in [-0.25, -0.2) is 0 Å². The number of hydrogen-bond acceptors (Lipinski definition) is 2. The summed E-state index contributed by atoms with van der Waals surface area (Å²) in [7, 11) is 0.820. The van der Waals surface area contributed by atoms with Crippen LogP contribution in [0.2, 0.25) is 0 Å². The van der Waals surface area contributed by atoms with Gasteiger partial charge in [0, 0.05) is 9.75 Å². The summed E-state index contributed by atoms with van der Waals surface area (Å²) in [6.45, 7) is 4.52. The summed E-state index contributed by atoms with van der Waals surface area (Å²) in [5, 5.41) is 7.42. The fourth-order valence-corrected chi connectivity index (χ4v) is 5.56. The van der Waals surface area contributed by atoms with Crippen molar-refractivity contribution in [3.8, 4) is 0 Å². The van der Waals surface area contributed by atoms with Crippen LogP contribution < -0.4 is 0 Å². The molecule has 0 N–H and O–H groups in total. The maximum atomic E-state index is 2.26. The van der Waals surface area contributed by atoms with E-state index < -0.39 is 0 Å². The van der Waals surface area contributed by atoms with Gasteiger partial charge in [-0.15, -0.1) is 22.7 Å². The van der Waals surface area contributed by atoms with Gasteiger partial charge in [0.2, 0.25) is 0 Å². The second-order valence-corrected chi connectivity index (χ2v) is 7.22. The molecule has 0 fully saturated rings. The second-order valence-electron chi connectivity index (χ2n) is 4.08. The Kier molecular flexibility index (Phi) is 2.90. The van der Waals surface area contributed by atoms with Crippen LogP contribution in [0.3, 0.4) is 0 Å². The highest BCUT2D eigenvalue weighted by Gasteiger charge is 2.22. The van der Waals surface area contributed by atoms with Gasteiger partial charge in [-0.05, 0) is 58.3 Å². The molecule has 1 aliphatic rings. The molecule has 0 saturated carbocycles. The van der Waals surface area contributed by atoms with Gasteiger partial charge in [0.1, 0.15) is 9.52 Å². The second kappa shape index (κ2) is 4.41.